The molecule has 0 bridgehead atoms. The van der Waals surface area contributed by atoms with Crippen molar-refractivity contribution < 1.29 is 26.8 Å². The maximum atomic E-state index is 13.6. The van der Waals surface area contributed by atoms with Crippen LogP contribution in [0.25, 0.3) is 0 Å². The fourth-order valence-corrected chi connectivity index (χ4v) is 5.07. The number of fused-ring (bicyclic) bond motifs is 5. The fraction of sp³-hybridized carbons (Fsp3) is 0.455. The summed E-state index contributed by atoms with van der Waals surface area (Å²) in [5.74, 6) is 2.85. The summed E-state index contributed by atoms with van der Waals surface area (Å²) in [6.45, 7) is 1.39. The van der Waals surface area contributed by atoms with Gasteiger partial charge in [-0.25, -0.2) is 4.39 Å². The zero-order valence-corrected chi connectivity index (χ0v) is 17.9. The van der Waals surface area contributed by atoms with Gasteiger partial charge >= 0.3 is 0 Å². The van der Waals surface area contributed by atoms with Crippen molar-refractivity contribution >= 4 is 10.1 Å². The SMILES string of the molecule is CN1CC2c3ccc4c(c3CCC2C1Cc1cccc(F)c1)OCO4.CS(=O)(=O)O. The fourth-order valence-electron chi connectivity index (χ4n) is 5.07. The van der Waals surface area contributed by atoms with E-state index in [0.717, 1.165) is 42.9 Å². The summed E-state index contributed by atoms with van der Waals surface area (Å²) in [4.78, 5) is 2.46. The van der Waals surface area contributed by atoms with E-state index in [4.69, 9.17) is 14.0 Å². The molecule has 2 aromatic rings. The lowest BCUT2D eigenvalue weighted by atomic mass is 9.73. The zero-order chi connectivity index (χ0) is 21.5. The van der Waals surface area contributed by atoms with E-state index in [0.29, 0.717) is 30.9 Å². The third-order valence-corrected chi connectivity index (χ3v) is 6.20. The number of likely N-dealkylation sites (N-methyl/N-ethyl adjacent to an activating group) is 1. The van der Waals surface area contributed by atoms with Gasteiger partial charge < -0.3 is 14.4 Å². The van der Waals surface area contributed by atoms with Crippen molar-refractivity contribution in [1.29, 1.82) is 0 Å². The Kier molecular flexibility index (Phi) is 5.74. The van der Waals surface area contributed by atoms with Crippen LogP contribution < -0.4 is 9.47 Å². The molecule has 1 N–H and O–H groups in total. The molecule has 3 atom stereocenters. The van der Waals surface area contributed by atoms with Gasteiger partial charge in [-0.3, -0.25) is 4.55 Å². The topological polar surface area (TPSA) is 76.1 Å². The van der Waals surface area contributed by atoms with Crippen LogP contribution in [0, 0.1) is 11.7 Å². The molecule has 0 amide bonds. The third kappa shape index (κ3) is 4.45. The Morgan fingerprint density at radius 1 is 1.23 bits per heavy atom. The Labute approximate surface area is 176 Å². The molecule has 2 aromatic carbocycles. The van der Waals surface area contributed by atoms with E-state index >= 15 is 0 Å². The van der Waals surface area contributed by atoms with Crippen LogP contribution in [0.15, 0.2) is 36.4 Å². The van der Waals surface area contributed by atoms with Gasteiger partial charge in [0.15, 0.2) is 11.5 Å². The smallest absolute Gasteiger partial charge is 0.261 e. The number of hydrogen-bond donors (Lipinski definition) is 1. The summed E-state index contributed by atoms with van der Waals surface area (Å²) in [5.41, 5.74) is 3.86. The first-order valence-electron chi connectivity index (χ1n) is 9.99. The first kappa shape index (κ1) is 21.1. The largest absolute Gasteiger partial charge is 0.454 e. The van der Waals surface area contributed by atoms with Gasteiger partial charge in [0.1, 0.15) is 5.82 Å². The summed E-state index contributed by atoms with van der Waals surface area (Å²) in [6, 6.07) is 11.8. The highest BCUT2D eigenvalue weighted by Crippen LogP contribution is 2.50. The van der Waals surface area contributed by atoms with Crippen LogP contribution in [-0.4, -0.2) is 50.6 Å². The first-order valence-corrected chi connectivity index (χ1v) is 11.8. The van der Waals surface area contributed by atoms with E-state index in [1.54, 1.807) is 6.07 Å². The maximum Gasteiger partial charge on any atom is 0.261 e. The second kappa shape index (κ2) is 8.17. The summed E-state index contributed by atoms with van der Waals surface area (Å²) < 4.78 is 50.7. The Bertz CT molecular complexity index is 1030. The first-order chi connectivity index (χ1) is 14.2. The standard InChI is InChI=1S/C21H22FNO2.CH4O3S/c1-23-11-18-15-7-8-20-21(25-12-24-20)17(15)6-5-16(18)19(23)10-13-3-2-4-14(22)9-13;1-5(2,3)4/h2-4,7-9,16,18-19H,5-6,10-12H2,1H3;1H3,(H,2,3,4). The number of halogens is 1. The van der Waals surface area contributed by atoms with Gasteiger partial charge in [0.2, 0.25) is 6.79 Å². The van der Waals surface area contributed by atoms with E-state index < -0.39 is 10.1 Å². The number of hydrogen-bond acceptors (Lipinski definition) is 5. The molecule has 0 spiro atoms. The van der Waals surface area contributed by atoms with Crippen LogP contribution in [0.4, 0.5) is 4.39 Å². The van der Waals surface area contributed by atoms with Crippen molar-refractivity contribution in [2.24, 2.45) is 5.92 Å². The molecule has 0 radical (unpaired) electrons. The molecule has 8 heteroatoms. The molecule has 3 aliphatic rings. The number of likely N-dealkylation sites (tertiary alicyclic amines) is 1. The molecule has 1 fully saturated rings. The van der Waals surface area contributed by atoms with Crippen molar-refractivity contribution in [3.63, 3.8) is 0 Å². The quantitative estimate of drug-likeness (QED) is 0.730. The van der Waals surface area contributed by atoms with E-state index in [2.05, 4.69) is 24.1 Å². The van der Waals surface area contributed by atoms with E-state index in [1.165, 1.54) is 17.2 Å². The van der Waals surface area contributed by atoms with Crippen molar-refractivity contribution in [2.45, 2.75) is 31.2 Å². The van der Waals surface area contributed by atoms with Crippen LogP contribution >= 0.6 is 0 Å². The summed E-state index contributed by atoms with van der Waals surface area (Å²) in [5, 5.41) is 0. The molecule has 0 saturated carbocycles. The molecular weight excluding hydrogens is 409 g/mol. The monoisotopic (exact) mass is 435 g/mol. The highest BCUT2D eigenvalue weighted by atomic mass is 32.2. The van der Waals surface area contributed by atoms with E-state index in [9.17, 15) is 12.8 Å². The molecule has 2 aliphatic heterocycles. The average molecular weight is 436 g/mol. The van der Waals surface area contributed by atoms with Gasteiger partial charge in [0.25, 0.3) is 10.1 Å². The zero-order valence-electron chi connectivity index (χ0n) is 17.0. The molecule has 3 unspecified atom stereocenters. The molecular formula is C22H26FNO5S. The highest BCUT2D eigenvalue weighted by Gasteiger charge is 2.44. The van der Waals surface area contributed by atoms with Crippen LogP contribution in [0.2, 0.25) is 0 Å². The highest BCUT2D eigenvalue weighted by molar-refractivity contribution is 7.85. The molecule has 1 aliphatic carbocycles. The Morgan fingerprint density at radius 3 is 2.73 bits per heavy atom. The predicted molar refractivity (Wildman–Crippen MR) is 111 cm³/mol. The number of rotatable bonds is 2. The third-order valence-electron chi connectivity index (χ3n) is 6.20. The average Bonchev–Trinajstić information content (AvgIpc) is 3.25. The number of benzene rings is 2. The Morgan fingerprint density at radius 2 is 2.00 bits per heavy atom. The number of nitrogens with zero attached hydrogens (tertiary/aromatic N) is 1. The Hall–Kier alpha value is -2.16. The van der Waals surface area contributed by atoms with Crippen LogP contribution in [0.3, 0.4) is 0 Å². The minimum atomic E-state index is -3.67. The summed E-state index contributed by atoms with van der Waals surface area (Å²) >= 11 is 0. The van der Waals surface area contributed by atoms with Gasteiger partial charge in [0, 0.05) is 24.1 Å². The van der Waals surface area contributed by atoms with Gasteiger partial charge in [-0.15, -0.1) is 0 Å². The lowest BCUT2D eigenvalue weighted by Crippen LogP contribution is -2.32. The minimum Gasteiger partial charge on any atom is -0.454 e. The van der Waals surface area contributed by atoms with Gasteiger partial charge in [-0.1, -0.05) is 18.2 Å². The second-order valence-electron chi connectivity index (χ2n) is 8.25. The van der Waals surface area contributed by atoms with Crippen molar-refractivity contribution in [1.82, 2.24) is 4.90 Å². The van der Waals surface area contributed by atoms with Crippen LogP contribution in [-0.2, 0) is 23.0 Å². The van der Waals surface area contributed by atoms with Crippen LogP contribution in [0.1, 0.15) is 29.0 Å². The lowest BCUT2D eigenvalue weighted by Gasteiger charge is -2.32. The molecule has 0 aromatic heterocycles. The van der Waals surface area contributed by atoms with Gasteiger partial charge in [0.05, 0.1) is 6.26 Å². The van der Waals surface area contributed by atoms with E-state index in [-0.39, 0.29) is 5.82 Å². The molecule has 5 rings (SSSR count). The molecule has 6 nitrogen and oxygen atoms in total. The maximum absolute atomic E-state index is 13.6. The van der Waals surface area contributed by atoms with Crippen LogP contribution in [0.5, 0.6) is 11.5 Å². The minimum absolute atomic E-state index is 0.142. The van der Waals surface area contributed by atoms with Crippen molar-refractivity contribution in [2.75, 3.05) is 26.6 Å². The second-order valence-corrected chi connectivity index (χ2v) is 9.72. The molecule has 2 heterocycles. The molecule has 162 valence electrons. The normalized spacial score (nSPS) is 24.6. The molecule has 1 saturated heterocycles. The lowest BCUT2D eigenvalue weighted by molar-refractivity contribution is 0.172. The van der Waals surface area contributed by atoms with E-state index in [1.807, 2.05) is 12.1 Å². The predicted octanol–water partition coefficient (Wildman–Crippen LogP) is 3.26. The summed E-state index contributed by atoms with van der Waals surface area (Å²) in [6.07, 6.45) is 3.82. The van der Waals surface area contributed by atoms with Gasteiger partial charge in [-0.2, -0.15) is 8.42 Å². The number of ether oxygens (including phenoxy) is 2. The summed E-state index contributed by atoms with van der Waals surface area (Å²) in [7, 11) is -1.46. The Balaban J connectivity index is 0.000000393. The van der Waals surface area contributed by atoms with Crippen molar-refractivity contribution in [3.8, 4) is 11.5 Å². The van der Waals surface area contributed by atoms with Crippen molar-refractivity contribution in [3.05, 3.63) is 58.9 Å². The molecule has 30 heavy (non-hydrogen) atoms. The van der Waals surface area contributed by atoms with Gasteiger partial charge in [-0.05, 0) is 61.6 Å².